The fourth-order valence-corrected chi connectivity index (χ4v) is 3.83. The van der Waals surface area contributed by atoms with Gasteiger partial charge in [0.15, 0.2) is 11.5 Å². The van der Waals surface area contributed by atoms with Crippen LogP contribution >= 0.6 is 11.8 Å². The van der Waals surface area contributed by atoms with Crippen molar-refractivity contribution in [3.05, 3.63) is 23.8 Å². The largest absolute Gasteiger partial charge is 0.493 e. The highest BCUT2D eigenvalue weighted by molar-refractivity contribution is 7.99. The lowest BCUT2D eigenvalue weighted by Crippen LogP contribution is -2.26. The van der Waals surface area contributed by atoms with E-state index in [9.17, 15) is 9.90 Å². The Morgan fingerprint density at radius 3 is 2.64 bits per heavy atom. The molecule has 1 saturated heterocycles. The summed E-state index contributed by atoms with van der Waals surface area (Å²) in [5.41, 5.74) is 0.381. The maximum Gasteiger partial charge on any atom is 0.304 e. The van der Waals surface area contributed by atoms with Gasteiger partial charge in [0.25, 0.3) is 0 Å². The van der Waals surface area contributed by atoms with Crippen LogP contribution in [-0.2, 0) is 10.2 Å². The number of thioether (sulfide) groups is 1. The Balaban J connectivity index is 2.34. The van der Waals surface area contributed by atoms with Crippen molar-refractivity contribution in [2.75, 3.05) is 18.6 Å². The third kappa shape index (κ3) is 4.09. The number of carbonyl (C=O) groups is 1. The summed E-state index contributed by atoms with van der Waals surface area (Å²) < 4.78 is 11.7. The molecule has 0 saturated carbocycles. The van der Waals surface area contributed by atoms with Crippen LogP contribution in [0.15, 0.2) is 18.2 Å². The molecule has 1 N–H and O–H groups in total. The molecule has 122 valence electrons. The van der Waals surface area contributed by atoms with E-state index in [0.717, 1.165) is 29.9 Å². The maximum absolute atomic E-state index is 11.2. The standard InChI is InChI=1S/C17H24O4S/c1-17(2,11-15(18)19)13-5-4-6-14(20-3)16(13)21-12-7-9-22-10-8-12/h4-6,12H,7-11H2,1-3H3,(H,18,19). The van der Waals surface area contributed by atoms with Crippen LogP contribution in [0.4, 0.5) is 0 Å². The van der Waals surface area contributed by atoms with E-state index in [-0.39, 0.29) is 12.5 Å². The highest BCUT2D eigenvalue weighted by Gasteiger charge is 2.30. The fraction of sp³-hybridized carbons (Fsp3) is 0.588. The molecular weight excluding hydrogens is 300 g/mol. The topological polar surface area (TPSA) is 55.8 Å². The van der Waals surface area contributed by atoms with Crippen molar-refractivity contribution >= 4 is 17.7 Å². The van der Waals surface area contributed by atoms with Gasteiger partial charge in [-0.15, -0.1) is 0 Å². The molecule has 1 fully saturated rings. The van der Waals surface area contributed by atoms with E-state index in [1.165, 1.54) is 0 Å². The molecule has 0 amide bonds. The average molecular weight is 324 g/mol. The van der Waals surface area contributed by atoms with Gasteiger partial charge >= 0.3 is 5.97 Å². The molecule has 1 aromatic carbocycles. The predicted molar refractivity (Wildman–Crippen MR) is 89.2 cm³/mol. The minimum atomic E-state index is -0.812. The number of para-hydroxylation sites is 1. The number of ether oxygens (including phenoxy) is 2. The molecule has 22 heavy (non-hydrogen) atoms. The van der Waals surface area contributed by atoms with Gasteiger partial charge in [-0.25, -0.2) is 0 Å². The Bertz CT molecular complexity index is 521. The molecule has 4 nitrogen and oxygen atoms in total. The monoisotopic (exact) mass is 324 g/mol. The number of carboxylic acid groups (broad SMARTS) is 1. The average Bonchev–Trinajstić information content (AvgIpc) is 2.47. The van der Waals surface area contributed by atoms with Crippen molar-refractivity contribution in [1.29, 1.82) is 0 Å². The van der Waals surface area contributed by atoms with Crippen LogP contribution in [0.3, 0.4) is 0 Å². The van der Waals surface area contributed by atoms with Crippen molar-refractivity contribution in [2.24, 2.45) is 0 Å². The molecule has 1 heterocycles. The van der Waals surface area contributed by atoms with E-state index >= 15 is 0 Å². The second kappa shape index (κ2) is 7.27. The highest BCUT2D eigenvalue weighted by atomic mass is 32.2. The smallest absolute Gasteiger partial charge is 0.304 e. The quantitative estimate of drug-likeness (QED) is 0.864. The number of hydrogen-bond acceptors (Lipinski definition) is 4. The van der Waals surface area contributed by atoms with Crippen molar-refractivity contribution in [1.82, 2.24) is 0 Å². The maximum atomic E-state index is 11.2. The lowest BCUT2D eigenvalue weighted by atomic mass is 9.81. The van der Waals surface area contributed by atoms with E-state index in [0.29, 0.717) is 11.5 Å². The van der Waals surface area contributed by atoms with Crippen LogP contribution in [0.2, 0.25) is 0 Å². The van der Waals surface area contributed by atoms with Gasteiger partial charge in [-0.3, -0.25) is 4.79 Å². The molecule has 5 heteroatoms. The second-order valence-electron chi connectivity index (χ2n) is 6.22. The Hall–Kier alpha value is -1.36. The Morgan fingerprint density at radius 2 is 2.05 bits per heavy atom. The zero-order chi connectivity index (χ0) is 16.2. The normalized spacial score (nSPS) is 16.3. The lowest BCUT2D eigenvalue weighted by Gasteiger charge is -2.30. The molecule has 1 aliphatic rings. The molecule has 0 unspecified atom stereocenters. The Kier molecular flexibility index (Phi) is 5.62. The minimum Gasteiger partial charge on any atom is -0.493 e. The predicted octanol–water partition coefficient (Wildman–Crippen LogP) is 3.72. The summed E-state index contributed by atoms with van der Waals surface area (Å²) in [5, 5.41) is 9.17. The second-order valence-corrected chi connectivity index (χ2v) is 7.45. The third-order valence-corrected chi connectivity index (χ3v) is 5.02. The Labute approximate surface area is 136 Å². The van der Waals surface area contributed by atoms with E-state index < -0.39 is 11.4 Å². The van der Waals surface area contributed by atoms with Crippen molar-refractivity contribution in [3.63, 3.8) is 0 Å². The number of rotatable bonds is 6. The third-order valence-electron chi connectivity index (χ3n) is 3.97. The van der Waals surface area contributed by atoms with Crippen molar-refractivity contribution in [3.8, 4) is 11.5 Å². The summed E-state index contributed by atoms with van der Waals surface area (Å²) in [4.78, 5) is 11.2. The van der Waals surface area contributed by atoms with E-state index in [1.807, 2.05) is 43.8 Å². The molecular formula is C17H24O4S. The molecule has 0 atom stereocenters. The lowest BCUT2D eigenvalue weighted by molar-refractivity contribution is -0.138. The SMILES string of the molecule is COc1cccc(C(C)(C)CC(=O)O)c1OC1CCSCC1. The van der Waals surface area contributed by atoms with Crippen LogP contribution in [-0.4, -0.2) is 35.8 Å². The van der Waals surface area contributed by atoms with Crippen LogP contribution in [0, 0.1) is 0 Å². The molecule has 0 aromatic heterocycles. The molecule has 0 aliphatic carbocycles. The van der Waals surface area contributed by atoms with Gasteiger partial charge in [-0.05, 0) is 30.4 Å². The van der Waals surface area contributed by atoms with Crippen LogP contribution in [0.25, 0.3) is 0 Å². The van der Waals surface area contributed by atoms with Gasteiger partial charge in [0.05, 0.1) is 13.5 Å². The fourth-order valence-electron chi connectivity index (χ4n) is 2.76. The van der Waals surface area contributed by atoms with E-state index in [4.69, 9.17) is 9.47 Å². The summed E-state index contributed by atoms with van der Waals surface area (Å²) in [7, 11) is 1.62. The van der Waals surface area contributed by atoms with Crippen molar-refractivity contribution < 1.29 is 19.4 Å². The van der Waals surface area contributed by atoms with Gasteiger partial charge in [0.1, 0.15) is 6.10 Å². The van der Waals surface area contributed by atoms with Crippen LogP contribution in [0.5, 0.6) is 11.5 Å². The first-order valence-electron chi connectivity index (χ1n) is 7.57. The van der Waals surface area contributed by atoms with E-state index in [2.05, 4.69) is 0 Å². The van der Waals surface area contributed by atoms with Gasteiger partial charge in [0, 0.05) is 11.0 Å². The molecule has 1 aliphatic heterocycles. The summed E-state index contributed by atoms with van der Waals surface area (Å²) in [6.45, 7) is 3.86. The van der Waals surface area contributed by atoms with Crippen molar-refractivity contribution in [2.45, 2.75) is 44.6 Å². The first-order chi connectivity index (χ1) is 10.4. The van der Waals surface area contributed by atoms with Gasteiger partial charge < -0.3 is 14.6 Å². The summed E-state index contributed by atoms with van der Waals surface area (Å²) in [6.07, 6.45) is 2.26. The number of carboxylic acids is 1. The molecule has 0 bridgehead atoms. The van der Waals surface area contributed by atoms with E-state index in [1.54, 1.807) is 7.11 Å². The highest BCUT2D eigenvalue weighted by Crippen LogP contribution is 2.41. The summed E-state index contributed by atoms with van der Waals surface area (Å²) >= 11 is 1.95. The zero-order valence-corrected chi connectivity index (χ0v) is 14.2. The van der Waals surface area contributed by atoms with Gasteiger partial charge in [-0.1, -0.05) is 26.0 Å². The van der Waals surface area contributed by atoms with Gasteiger partial charge in [-0.2, -0.15) is 11.8 Å². The molecule has 1 aromatic rings. The Morgan fingerprint density at radius 1 is 1.36 bits per heavy atom. The van der Waals surface area contributed by atoms with Crippen LogP contribution in [0.1, 0.15) is 38.7 Å². The molecule has 2 rings (SSSR count). The number of benzene rings is 1. The first-order valence-corrected chi connectivity index (χ1v) is 8.73. The van der Waals surface area contributed by atoms with Gasteiger partial charge in [0.2, 0.25) is 0 Å². The number of methoxy groups -OCH3 is 1. The number of hydrogen-bond donors (Lipinski definition) is 1. The minimum absolute atomic E-state index is 0.0526. The molecule has 0 radical (unpaired) electrons. The first kappa shape index (κ1) is 17.0. The summed E-state index contributed by atoms with van der Waals surface area (Å²) in [5.74, 6) is 2.77. The zero-order valence-electron chi connectivity index (χ0n) is 13.4. The molecule has 0 spiro atoms. The summed E-state index contributed by atoms with van der Waals surface area (Å²) in [6, 6.07) is 5.70. The van der Waals surface area contributed by atoms with Crippen LogP contribution < -0.4 is 9.47 Å². The number of aliphatic carboxylic acids is 1.